The van der Waals surface area contributed by atoms with Crippen molar-refractivity contribution in [2.24, 2.45) is 0 Å². The van der Waals surface area contributed by atoms with E-state index in [4.69, 9.17) is 9.47 Å². The molecule has 0 spiro atoms. The van der Waals surface area contributed by atoms with E-state index in [-0.39, 0.29) is 0 Å². The van der Waals surface area contributed by atoms with E-state index in [0.29, 0.717) is 10.7 Å². The van der Waals surface area contributed by atoms with Crippen LogP contribution in [0.2, 0.25) is 0 Å². The summed E-state index contributed by atoms with van der Waals surface area (Å²) in [6.45, 7) is 2.63. The van der Waals surface area contributed by atoms with Crippen LogP contribution in [-0.4, -0.2) is 34.8 Å². The van der Waals surface area contributed by atoms with Crippen molar-refractivity contribution in [3.63, 3.8) is 0 Å². The minimum Gasteiger partial charge on any atom is -0.458 e. The van der Waals surface area contributed by atoms with E-state index in [1.165, 1.54) is 13.8 Å². The predicted molar refractivity (Wildman–Crippen MR) is 58.7 cm³/mol. The van der Waals surface area contributed by atoms with E-state index in [2.05, 4.69) is 31.9 Å². The molecule has 0 rings (SSSR count). The van der Waals surface area contributed by atoms with Gasteiger partial charge >= 0.3 is 11.9 Å². The van der Waals surface area contributed by atoms with Crippen LogP contribution in [0.4, 0.5) is 0 Å². The fourth-order valence-electron chi connectivity index (χ4n) is 0.840. The molecule has 0 heterocycles. The second kappa shape index (κ2) is 7.23. The van der Waals surface area contributed by atoms with Crippen LogP contribution < -0.4 is 0 Å². The van der Waals surface area contributed by atoms with Gasteiger partial charge in [0.25, 0.3) is 0 Å². The second-order valence-corrected chi connectivity index (χ2v) is 3.90. The van der Waals surface area contributed by atoms with Gasteiger partial charge in [0.1, 0.15) is 12.2 Å². The highest BCUT2D eigenvalue weighted by Crippen LogP contribution is 2.11. The predicted octanol–water partition coefficient (Wildman–Crippen LogP) is 1.64. The molecule has 0 unspecified atom stereocenters. The van der Waals surface area contributed by atoms with Crippen LogP contribution in [0.25, 0.3) is 0 Å². The summed E-state index contributed by atoms with van der Waals surface area (Å²) < 4.78 is 9.92. The third-order valence-electron chi connectivity index (χ3n) is 1.35. The molecule has 0 aromatic carbocycles. The summed E-state index contributed by atoms with van der Waals surface area (Å²) in [7, 11) is 0. The average molecular weight is 332 g/mol. The summed E-state index contributed by atoms with van der Waals surface area (Å²) in [6.07, 6.45) is -0.924. The molecule has 4 nitrogen and oxygen atoms in total. The third-order valence-corrected chi connectivity index (χ3v) is 2.63. The molecule has 0 fully saturated rings. The highest BCUT2D eigenvalue weighted by atomic mass is 79.9. The van der Waals surface area contributed by atoms with Gasteiger partial charge in [-0.3, -0.25) is 9.59 Å². The molecular formula is C8H12Br2O4. The molecule has 0 aliphatic heterocycles. The van der Waals surface area contributed by atoms with Gasteiger partial charge in [0.2, 0.25) is 0 Å². The first-order valence-corrected chi connectivity index (χ1v) is 6.22. The average Bonchev–Trinajstić information content (AvgIpc) is 2.10. The summed E-state index contributed by atoms with van der Waals surface area (Å²) in [5, 5.41) is 0.853. The smallest absolute Gasteiger partial charge is 0.303 e. The van der Waals surface area contributed by atoms with Crippen molar-refractivity contribution in [3.05, 3.63) is 0 Å². The van der Waals surface area contributed by atoms with Crippen LogP contribution >= 0.6 is 31.9 Å². The number of hydrogen-bond acceptors (Lipinski definition) is 4. The number of alkyl halides is 2. The molecule has 6 heteroatoms. The van der Waals surface area contributed by atoms with Gasteiger partial charge in [-0.15, -0.1) is 0 Å². The maximum Gasteiger partial charge on any atom is 0.303 e. The standard InChI is InChI=1S/C8H12Br2O4/c1-5(11)13-7(3-9)8(4-10)14-6(2)12/h7-8H,3-4H2,1-2H3/t7-,8-/m1/s1. The second-order valence-electron chi connectivity index (χ2n) is 2.60. The first-order valence-electron chi connectivity index (χ1n) is 3.97. The Kier molecular flexibility index (Phi) is 7.17. The van der Waals surface area contributed by atoms with Crippen molar-refractivity contribution in [3.8, 4) is 0 Å². The van der Waals surface area contributed by atoms with Gasteiger partial charge in [-0.1, -0.05) is 31.9 Å². The van der Waals surface area contributed by atoms with Crippen LogP contribution in [0.5, 0.6) is 0 Å². The van der Waals surface area contributed by atoms with Crippen molar-refractivity contribution in [2.45, 2.75) is 26.1 Å². The summed E-state index contributed by atoms with van der Waals surface area (Å²) in [5.74, 6) is -0.792. The number of hydrogen-bond donors (Lipinski definition) is 0. The lowest BCUT2D eigenvalue weighted by molar-refractivity contribution is -0.161. The Balaban J connectivity index is 4.28. The number of carbonyl (C=O) groups is 2. The van der Waals surface area contributed by atoms with E-state index in [1.54, 1.807) is 0 Å². The van der Waals surface area contributed by atoms with Crippen LogP contribution in [0.3, 0.4) is 0 Å². The lowest BCUT2D eigenvalue weighted by atomic mass is 10.2. The first-order chi connectivity index (χ1) is 6.51. The topological polar surface area (TPSA) is 52.6 Å². The number of ether oxygens (including phenoxy) is 2. The molecule has 82 valence electrons. The Hall–Kier alpha value is -0.100. The molecule has 0 aliphatic carbocycles. The summed E-state index contributed by atoms with van der Waals surface area (Å²) in [4.78, 5) is 21.4. The number of halogens is 2. The lowest BCUT2D eigenvalue weighted by Gasteiger charge is -2.22. The molecule has 0 saturated carbocycles. The summed E-state index contributed by atoms with van der Waals surface area (Å²) in [6, 6.07) is 0. The van der Waals surface area contributed by atoms with E-state index >= 15 is 0 Å². The zero-order valence-corrected chi connectivity index (χ0v) is 11.1. The van der Waals surface area contributed by atoms with Gasteiger partial charge in [-0.2, -0.15) is 0 Å². The third kappa shape index (κ3) is 5.59. The van der Waals surface area contributed by atoms with Gasteiger partial charge in [0.05, 0.1) is 0 Å². The molecule has 0 amide bonds. The molecule has 14 heavy (non-hydrogen) atoms. The van der Waals surface area contributed by atoms with Crippen LogP contribution in [0.1, 0.15) is 13.8 Å². The largest absolute Gasteiger partial charge is 0.458 e. The lowest BCUT2D eigenvalue weighted by Crippen LogP contribution is -2.36. The summed E-state index contributed by atoms with van der Waals surface area (Å²) >= 11 is 6.37. The van der Waals surface area contributed by atoms with Crippen molar-refractivity contribution in [1.29, 1.82) is 0 Å². The maximum absolute atomic E-state index is 10.7. The molecule has 2 atom stereocenters. The van der Waals surface area contributed by atoms with Crippen LogP contribution in [0, 0.1) is 0 Å². The number of carbonyl (C=O) groups excluding carboxylic acids is 2. The number of esters is 2. The monoisotopic (exact) mass is 330 g/mol. The van der Waals surface area contributed by atoms with Gasteiger partial charge < -0.3 is 9.47 Å². The van der Waals surface area contributed by atoms with Crippen molar-refractivity contribution < 1.29 is 19.1 Å². The minimum absolute atomic E-state index is 0.396. The van der Waals surface area contributed by atoms with Crippen molar-refractivity contribution >= 4 is 43.8 Å². The molecule has 0 bridgehead atoms. The minimum atomic E-state index is -0.462. The Labute approximate surface area is 99.6 Å². The quantitative estimate of drug-likeness (QED) is 0.567. The fourth-order valence-corrected chi connectivity index (χ4v) is 1.94. The zero-order chi connectivity index (χ0) is 11.1. The fraction of sp³-hybridized carbons (Fsp3) is 0.750. The number of rotatable bonds is 5. The van der Waals surface area contributed by atoms with E-state index in [0.717, 1.165) is 0 Å². The van der Waals surface area contributed by atoms with E-state index in [1.807, 2.05) is 0 Å². The molecule has 0 aliphatic rings. The molecular weight excluding hydrogens is 320 g/mol. The highest BCUT2D eigenvalue weighted by molar-refractivity contribution is 9.09. The van der Waals surface area contributed by atoms with E-state index < -0.39 is 24.1 Å². The highest BCUT2D eigenvalue weighted by Gasteiger charge is 2.24. The molecule has 0 N–H and O–H groups in total. The van der Waals surface area contributed by atoms with Crippen molar-refractivity contribution in [2.75, 3.05) is 10.7 Å². The van der Waals surface area contributed by atoms with Gasteiger partial charge in [0, 0.05) is 24.5 Å². The Morgan fingerprint density at radius 1 is 1.00 bits per heavy atom. The van der Waals surface area contributed by atoms with Crippen molar-refractivity contribution in [1.82, 2.24) is 0 Å². The normalized spacial score (nSPS) is 14.3. The summed E-state index contributed by atoms with van der Waals surface area (Å²) in [5.41, 5.74) is 0. The van der Waals surface area contributed by atoms with Gasteiger partial charge in [-0.05, 0) is 0 Å². The van der Waals surface area contributed by atoms with E-state index in [9.17, 15) is 9.59 Å². The Morgan fingerprint density at radius 2 is 1.29 bits per heavy atom. The van der Waals surface area contributed by atoms with Gasteiger partial charge in [0.15, 0.2) is 0 Å². The first kappa shape index (κ1) is 13.9. The zero-order valence-electron chi connectivity index (χ0n) is 7.96. The van der Waals surface area contributed by atoms with Crippen LogP contribution in [0.15, 0.2) is 0 Å². The molecule has 0 radical (unpaired) electrons. The van der Waals surface area contributed by atoms with Crippen LogP contribution in [-0.2, 0) is 19.1 Å². The molecule has 0 aromatic rings. The Morgan fingerprint density at radius 3 is 1.43 bits per heavy atom. The molecule has 0 saturated heterocycles. The molecule has 0 aromatic heterocycles. The Bertz CT molecular complexity index is 186. The van der Waals surface area contributed by atoms with Gasteiger partial charge in [-0.25, -0.2) is 0 Å². The maximum atomic E-state index is 10.7. The SMILES string of the molecule is CC(=O)O[C@H](CBr)[C@@H](CBr)OC(C)=O.